The SMILES string of the molecule is COc1cccc(-c2c[nH]c3c(F)cccc3c2=O)c1. The quantitative estimate of drug-likeness (QED) is 0.775. The first-order valence-corrected chi connectivity index (χ1v) is 6.15. The van der Waals surface area contributed by atoms with E-state index in [0.29, 0.717) is 16.7 Å². The summed E-state index contributed by atoms with van der Waals surface area (Å²) >= 11 is 0. The van der Waals surface area contributed by atoms with Crippen molar-refractivity contribution in [2.24, 2.45) is 0 Å². The predicted octanol–water partition coefficient (Wildman–Crippen LogP) is 3.34. The van der Waals surface area contributed by atoms with Crippen molar-refractivity contribution in [1.82, 2.24) is 4.98 Å². The molecule has 2 aromatic carbocycles. The minimum Gasteiger partial charge on any atom is -0.497 e. The number of aromatic nitrogens is 1. The van der Waals surface area contributed by atoms with Crippen LogP contribution >= 0.6 is 0 Å². The topological polar surface area (TPSA) is 42.1 Å². The van der Waals surface area contributed by atoms with Crippen LogP contribution in [0.5, 0.6) is 5.75 Å². The van der Waals surface area contributed by atoms with Crippen molar-refractivity contribution in [2.45, 2.75) is 0 Å². The zero-order valence-corrected chi connectivity index (χ0v) is 10.8. The molecule has 1 N–H and O–H groups in total. The van der Waals surface area contributed by atoms with Crippen LogP contribution in [-0.2, 0) is 0 Å². The molecule has 4 heteroatoms. The number of pyridine rings is 1. The van der Waals surface area contributed by atoms with Crippen LogP contribution in [0.1, 0.15) is 0 Å². The highest BCUT2D eigenvalue weighted by Gasteiger charge is 2.10. The number of nitrogens with one attached hydrogen (secondary N) is 1. The first kappa shape index (κ1) is 12.4. The van der Waals surface area contributed by atoms with E-state index in [1.54, 1.807) is 25.3 Å². The lowest BCUT2D eigenvalue weighted by Gasteiger charge is -2.06. The minimum atomic E-state index is -0.434. The zero-order chi connectivity index (χ0) is 14.1. The normalized spacial score (nSPS) is 10.7. The van der Waals surface area contributed by atoms with E-state index in [1.807, 2.05) is 12.1 Å². The Morgan fingerprint density at radius 3 is 2.75 bits per heavy atom. The van der Waals surface area contributed by atoms with Crippen LogP contribution in [0, 0.1) is 5.82 Å². The van der Waals surface area contributed by atoms with Gasteiger partial charge in [0.15, 0.2) is 5.43 Å². The molecule has 0 amide bonds. The Bertz CT molecular complexity index is 839. The van der Waals surface area contributed by atoms with Crippen LogP contribution in [0.3, 0.4) is 0 Å². The maximum Gasteiger partial charge on any atom is 0.197 e. The Balaban J connectivity index is 2.27. The summed E-state index contributed by atoms with van der Waals surface area (Å²) in [7, 11) is 1.57. The number of methoxy groups -OCH3 is 1. The van der Waals surface area contributed by atoms with Crippen LogP contribution in [0.2, 0.25) is 0 Å². The van der Waals surface area contributed by atoms with Gasteiger partial charge in [0.25, 0.3) is 0 Å². The minimum absolute atomic E-state index is 0.202. The van der Waals surface area contributed by atoms with E-state index in [-0.39, 0.29) is 10.9 Å². The Hall–Kier alpha value is -2.62. The molecule has 0 aliphatic rings. The van der Waals surface area contributed by atoms with Crippen molar-refractivity contribution in [1.29, 1.82) is 0 Å². The van der Waals surface area contributed by atoms with Crippen LogP contribution in [0.15, 0.2) is 53.5 Å². The first-order valence-electron chi connectivity index (χ1n) is 6.15. The van der Waals surface area contributed by atoms with E-state index < -0.39 is 5.82 Å². The lowest BCUT2D eigenvalue weighted by atomic mass is 10.0. The third kappa shape index (κ3) is 1.95. The molecule has 0 aliphatic heterocycles. The molecule has 3 nitrogen and oxygen atoms in total. The molecule has 100 valence electrons. The lowest BCUT2D eigenvalue weighted by molar-refractivity contribution is 0.415. The second kappa shape index (κ2) is 4.81. The second-order valence-electron chi connectivity index (χ2n) is 4.43. The fourth-order valence-electron chi connectivity index (χ4n) is 2.22. The molecular formula is C16H12FNO2. The second-order valence-corrected chi connectivity index (χ2v) is 4.43. The highest BCUT2D eigenvalue weighted by molar-refractivity contribution is 5.83. The van der Waals surface area contributed by atoms with E-state index >= 15 is 0 Å². The summed E-state index contributed by atoms with van der Waals surface area (Å²) < 4.78 is 18.8. The molecule has 0 radical (unpaired) electrons. The number of aromatic amines is 1. The van der Waals surface area contributed by atoms with Gasteiger partial charge in [-0.2, -0.15) is 0 Å². The third-order valence-corrected chi connectivity index (χ3v) is 3.24. The Kier molecular flexibility index (Phi) is 2.99. The molecule has 0 bridgehead atoms. The number of halogens is 1. The molecule has 0 fully saturated rings. The molecule has 3 aromatic rings. The van der Waals surface area contributed by atoms with Gasteiger partial charge in [0, 0.05) is 17.1 Å². The summed E-state index contributed by atoms with van der Waals surface area (Å²) in [4.78, 5) is 15.3. The number of para-hydroxylation sites is 1. The van der Waals surface area contributed by atoms with E-state index in [4.69, 9.17) is 4.74 Å². The molecule has 0 aliphatic carbocycles. The first-order chi connectivity index (χ1) is 9.70. The summed E-state index contributed by atoms with van der Waals surface area (Å²) in [6.45, 7) is 0. The summed E-state index contributed by atoms with van der Waals surface area (Å²) in [6, 6.07) is 11.7. The van der Waals surface area contributed by atoms with Crippen molar-refractivity contribution < 1.29 is 9.13 Å². The van der Waals surface area contributed by atoms with E-state index in [1.165, 1.54) is 18.3 Å². The Labute approximate surface area is 114 Å². The van der Waals surface area contributed by atoms with Crippen LogP contribution < -0.4 is 10.2 Å². The lowest BCUT2D eigenvalue weighted by Crippen LogP contribution is -2.07. The van der Waals surface area contributed by atoms with Crippen LogP contribution in [-0.4, -0.2) is 12.1 Å². The van der Waals surface area contributed by atoms with E-state index in [9.17, 15) is 9.18 Å². The van der Waals surface area contributed by atoms with Crippen LogP contribution in [0.4, 0.5) is 4.39 Å². The van der Waals surface area contributed by atoms with Gasteiger partial charge in [-0.3, -0.25) is 4.79 Å². The van der Waals surface area contributed by atoms with Gasteiger partial charge in [-0.25, -0.2) is 4.39 Å². The van der Waals surface area contributed by atoms with Crippen LogP contribution in [0.25, 0.3) is 22.0 Å². The number of H-pyrrole nitrogens is 1. The molecular weight excluding hydrogens is 257 g/mol. The van der Waals surface area contributed by atoms with Crippen molar-refractivity contribution >= 4 is 10.9 Å². The predicted molar refractivity (Wildman–Crippen MR) is 76.5 cm³/mol. The molecule has 3 rings (SSSR count). The van der Waals surface area contributed by atoms with Gasteiger partial charge in [-0.05, 0) is 29.8 Å². The number of ether oxygens (including phenoxy) is 1. The fourth-order valence-corrected chi connectivity index (χ4v) is 2.22. The van der Waals surface area contributed by atoms with Gasteiger partial charge in [0.1, 0.15) is 11.6 Å². The average molecular weight is 269 g/mol. The van der Waals surface area contributed by atoms with Gasteiger partial charge in [-0.1, -0.05) is 18.2 Å². The maximum atomic E-state index is 13.6. The van der Waals surface area contributed by atoms with Gasteiger partial charge in [0.05, 0.1) is 12.6 Å². The molecule has 1 aromatic heterocycles. The molecule has 0 atom stereocenters. The molecule has 0 unspecified atom stereocenters. The van der Waals surface area contributed by atoms with E-state index in [2.05, 4.69) is 4.98 Å². The van der Waals surface area contributed by atoms with Gasteiger partial charge in [0.2, 0.25) is 0 Å². The molecule has 0 spiro atoms. The average Bonchev–Trinajstić information content (AvgIpc) is 2.48. The largest absolute Gasteiger partial charge is 0.497 e. The number of fused-ring (bicyclic) bond motifs is 1. The Morgan fingerprint density at radius 1 is 1.15 bits per heavy atom. The molecule has 20 heavy (non-hydrogen) atoms. The number of benzene rings is 2. The van der Waals surface area contributed by atoms with Gasteiger partial charge >= 0.3 is 0 Å². The summed E-state index contributed by atoms with van der Waals surface area (Å²) in [5.74, 6) is 0.234. The number of hydrogen-bond acceptors (Lipinski definition) is 2. The fraction of sp³-hybridized carbons (Fsp3) is 0.0625. The molecule has 0 saturated carbocycles. The maximum absolute atomic E-state index is 13.6. The van der Waals surface area contributed by atoms with Gasteiger partial charge < -0.3 is 9.72 Å². The number of hydrogen-bond donors (Lipinski definition) is 1. The van der Waals surface area contributed by atoms with Crippen molar-refractivity contribution in [3.05, 3.63) is 64.7 Å². The summed E-state index contributed by atoms with van der Waals surface area (Å²) in [6.07, 6.45) is 1.53. The monoisotopic (exact) mass is 269 g/mol. The van der Waals surface area contributed by atoms with Crippen molar-refractivity contribution in [2.75, 3.05) is 7.11 Å². The summed E-state index contributed by atoms with van der Waals surface area (Å²) in [5.41, 5.74) is 1.24. The molecule has 0 saturated heterocycles. The van der Waals surface area contributed by atoms with Gasteiger partial charge in [-0.15, -0.1) is 0 Å². The van der Waals surface area contributed by atoms with Crippen molar-refractivity contribution in [3.8, 4) is 16.9 Å². The third-order valence-electron chi connectivity index (χ3n) is 3.24. The molecule has 1 heterocycles. The van der Waals surface area contributed by atoms with Crippen molar-refractivity contribution in [3.63, 3.8) is 0 Å². The highest BCUT2D eigenvalue weighted by Crippen LogP contribution is 2.22. The zero-order valence-electron chi connectivity index (χ0n) is 10.8. The summed E-state index contributed by atoms with van der Waals surface area (Å²) in [5, 5.41) is 0.338. The Morgan fingerprint density at radius 2 is 1.95 bits per heavy atom. The van der Waals surface area contributed by atoms with E-state index in [0.717, 1.165) is 5.56 Å². The highest BCUT2D eigenvalue weighted by atomic mass is 19.1. The standard InChI is InChI=1S/C16H12FNO2/c1-20-11-5-2-4-10(8-11)13-9-18-15-12(16(13)19)6-3-7-14(15)17/h2-9H,1H3,(H,18,19). The smallest absolute Gasteiger partial charge is 0.197 e. The number of rotatable bonds is 2.